The number of methoxy groups -OCH3 is 2. The number of hydrogen-bond donors (Lipinski definition) is 1. The van der Waals surface area contributed by atoms with Crippen LogP contribution in [-0.2, 0) is 6.54 Å². The Balaban J connectivity index is 1.64. The number of nitro groups is 1. The number of nitrogens with zero attached hydrogens (tertiary/aromatic N) is 2. The van der Waals surface area contributed by atoms with Crippen LogP contribution >= 0.6 is 0 Å². The number of nitrogens with one attached hydrogen (secondary N) is 1. The van der Waals surface area contributed by atoms with Gasteiger partial charge < -0.3 is 19.3 Å². The Bertz CT molecular complexity index is 840. The molecule has 2 aromatic rings. The summed E-state index contributed by atoms with van der Waals surface area (Å²) in [5.41, 5.74) is 1.40. The van der Waals surface area contributed by atoms with Crippen molar-refractivity contribution in [3.05, 3.63) is 63.7 Å². The summed E-state index contributed by atoms with van der Waals surface area (Å²) in [5.74, 6) is 1.08. The van der Waals surface area contributed by atoms with Gasteiger partial charge in [0.05, 0.1) is 50.9 Å². The highest BCUT2D eigenvalue weighted by molar-refractivity contribution is 5.95. The first-order valence-electron chi connectivity index (χ1n) is 9.10. The van der Waals surface area contributed by atoms with Crippen molar-refractivity contribution in [1.29, 1.82) is 0 Å². The van der Waals surface area contributed by atoms with E-state index in [1.807, 2.05) is 6.07 Å². The molecule has 0 aliphatic carbocycles. The van der Waals surface area contributed by atoms with E-state index in [0.29, 0.717) is 36.7 Å². The van der Waals surface area contributed by atoms with Gasteiger partial charge in [0.1, 0.15) is 18.0 Å². The second kappa shape index (κ2) is 8.71. The number of rotatable bonds is 6. The van der Waals surface area contributed by atoms with Gasteiger partial charge in [-0.15, -0.1) is 0 Å². The van der Waals surface area contributed by atoms with Crippen LogP contribution in [0.25, 0.3) is 0 Å². The minimum atomic E-state index is -0.343. The fraction of sp³-hybridized carbons (Fsp3) is 0.350. The maximum Gasteiger partial charge on any atom is 0.278 e. The van der Waals surface area contributed by atoms with E-state index >= 15 is 0 Å². The standard InChI is InChI=1S/C20H23N3O5/c1-27-17-11-16(12-18(13-17)28-2)20(24)22-9-7-21(8-10-22)14-15-5-3-4-6-19(15)23(25)26/h3-6,11-13H,7-10,14H2,1-2H3/p+1. The van der Waals surface area contributed by atoms with Gasteiger partial charge in [-0.1, -0.05) is 12.1 Å². The molecule has 3 rings (SSSR count). The van der Waals surface area contributed by atoms with Crippen molar-refractivity contribution in [1.82, 2.24) is 4.90 Å². The van der Waals surface area contributed by atoms with Gasteiger partial charge in [-0.3, -0.25) is 14.9 Å². The molecule has 8 heteroatoms. The van der Waals surface area contributed by atoms with Crippen molar-refractivity contribution in [3.63, 3.8) is 0 Å². The molecule has 28 heavy (non-hydrogen) atoms. The van der Waals surface area contributed by atoms with Crippen LogP contribution in [0.15, 0.2) is 42.5 Å². The van der Waals surface area contributed by atoms with Gasteiger partial charge in [0, 0.05) is 17.7 Å². The summed E-state index contributed by atoms with van der Waals surface area (Å²) in [4.78, 5) is 26.7. The average molecular weight is 386 g/mol. The number of piperazine rings is 1. The Kier molecular flexibility index (Phi) is 6.10. The molecule has 1 amide bonds. The molecule has 1 saturated heterocycles. The summed E-state index contributed by atoms with van der Waals surface area (Å²) in [5, 5.41) is 11.2. The van der Waals surface area contributed by atoms with Crippen LogP contribution in [0, 0.1) is 10.1 Å². The third-order valence-electron chi connectivity index (χ3n) is 4.98. The van der Waals surface area contributed by atoms with Gasteiger partial charge in [0.2, 0.25) is 0 Å². The Morgan fingerprint density at radius 3 is 2.29 bits per heavy atom. The normalized spacial score (nSPS) is 14.6. The second-order valence-electron chi connectivity index (χ2n) is 6.71. The molecule has 2 aromatic carbocycles. The molecule has 0 saturated carbocycles. The molecule has 1 aliphatic heterocycles. The van der Waals surface area contributed by atoms with Crippen LogP contribution in [0.4, 0.5) is 5.69 Å². The molecular formula is C20H24N3O5+. The van der Waals surface area contributed by atoms with Crippen LogP contribution < -0.4 is 14.4 Å². The lowest BCUT2D eigenvalue weighted by atomic mass is 10.1. The van der Waals surface area contributed by atoms with Gasteiger partial charge in [0.15, 0.2) is 0 Å². The Morgan fingerprint density at radius 2 is 1.71 bits per heavy atom. The van der Waals surface area contributed by atoms with Crippen molar-refractivity contribution in [2.75, 3.05) is 40.4 Å². The quantitative estimate of drug-likeness (QED) is 0.595. The fourth-order valence-electron chi connectivity index (χ4n) is 3.42. The lowest BCUT2D eigenvalue weighted by Crippen LogP contribution is -3.13. The fourth-order valence-corrected chi connectivity index (χ4v) is 3.42. The third kappa shape index (κ3) is 4.40. The zero-order valence-corrected chi connectivity index (χ0v) is 16.0. The highest BCUT2D eigenvalue weighted by atomic mass is 16.6. The number of para-hydroxylation sites is 1. The molecule has 1 N–H and O–H groups in total. The number of hydrogen-bond acceptors (Lipinski definition) is 5. The molecule has 0 spiro atoms. The summed E-state index contributed by atoms with van der Waals surface area (Å²) in [6, 6.07) is 12.0. The first-order valence-corrected chi connectivity index (χ1v) is 9.10. The SMILES string of the molecule is COc1cc(OC)cc(C(=O)N2CC[NH+](Cc3ccccc3[N+](=O)[O-])CC2)c1. The van der Waals surface area contributed by atoms with E-state index in [9.17, 15) is 14.9 Å². The molecule has 0 radical (unpaired) electrons. The van der Waals surface area contributed by atoms with Crippen LogP contribution in [0.1, 0.15) is 15.9 Å². The number of ether oxygens (including phenoxy) is 2. The van der Waals surface area contributed by atoms with Crippen LogP contribution in [0.2, 0.25) is 0 Å². The topological polar surface area (TPSA) is 86.3 Å². The van der Waals surface area contributed by atoms with Crippen molar-refractivity contribution in [2.45, 2.75) is 6.54 Å². The van der Waals surface area contributed by atoms with Gasteiger partial charge in [-0.25, -0.2) is 0 Å². The smallest absolute Gasteiger partial charge is 0.278 e. The van der Waals surface area contributed by atoms with Gasteiger partial charge in [-0.2, -0.15) is 0 Å². The predicted molar refractivity (Wildman–Crippen MR) is 103 cm³/mol. The number of quaternary nitrogens is 1. The largest absolute Gasteiger partial charge is 0.497 e. The zero-order chi connectivity index (χ0) is 20.1. The van der Waals surface area contributed by atoms with E-state index in [-0.39, 0.29) is 16.5 Å². The van der Waals surface area contributed by atoms with E-state index in [1.165, 1.54) is 11.0 Å². The Labute approximate surface area is 163 Å². The van der Waals surface area contributed by atoms with Crippen LogP contribution in [0.5, 0.6) is 11.5 Å². The van der Waals surface area contributed by atoms with E-state index < -0.39 is 0 Å². The maximum absolute atomic E-state index is 12.9. The third-order valence-corrected chi connectivity index (χ3v) is 4.98. The molecule has 1 aliphatic rings. The molecule has 1 fully saturated rings. The van der Waals surface area contributed by atoms with Crippen molar-refractivity contribution >= 4 is 11.6 Å². The van der Waals surface area contributed by atoms with Gasteiger partial charge in [0.25, 0.3) is 11.6 Å². The number of carbonyl (C=O) groups excluding carboxylic acids is 1. The number of nitro benzene ring substituents is 1. The van der Waals surface area contributed by atoms with Crippen molar-refractivity contribution < 1.29 is 24.1 Å². The molecular weight excluding hydrogens is 362 g/mol. The summed E-state index contributed by atoms with van der Waals surface area (Å²) < 4.78 is 10.5. The molecule has 0 aromatic heterocycles. The number of carbonyl (C=O) groups is 1. The predicted octanol–water partition coefficient (Wildman–Crippen LogP) is 1.15. The van der Waals surface area contributed by atoms with Crippen LogP contribution in [0.3, 0.4) is 0 Å². The Morgan fingerprint density at radius 1 is 1.11 bits per heavy atom. The van der Waals surface area contributed by atoms with Gasteiger partial charge in [-0.05, 0) is 18.2 Å². The molecule has 1 heterocycles. The molecule has 8 nitrogen and oxygen atoms in total. The minimum absolute atomic E-state index is 0.0676. The molecule has 0 bridgehead atoms. The van der Waals surface area contributed by atoms with Crippen molar-refractivity contribution in [3.8, 4) is 11.5 Å². The minimum Gasteiger partial charge on any atom is -0.497 e. The molecule has 0 atom stereocenters. The first-order chi connectivity index (χ1) is 13.5. The van der Waals surface area contributed by atoms with E-state index in [0.717, 1.165) is 18.7 Å². The zero-order valence-electron chi connectivity index (χ0n) is 16.0. The van der Waals surface area contributed by atoms with E-state index in [4.69, 9.17) is 9.47 Å². The highest BCUT2D eigenvalue weighted by Crippen LogP contribution is 2.23. The summed E-state index contributed by atoms with van der Waals surface area (Å²) in [6.07, 6.45) is 0. The number of benzene rings is 2. The monoisotopic (exact) mass is 386 g/mol. The molecule has 148 valence electrons. The number of amides is 1. The summed E-state index contributed by atoms with van der Waals surface area (Å²) >= 11 is 0. The van der Waals surface area contributed by atoms with E-state index in [1.54, 1.807) is 49.5 Å². The van der Waals surface area contributed by atoms with Gasteiger partial charge >= 0.3 is 0 Å². The second-order valence-corrected chi connectivity index (χ2v) is 6.71. The van der Waals surface area contributed by atoms with Crippen LogP contribution in [-0.4, -0.2) is 56.1 Å². The first kappa shape index (κ1) is 19.6. The van der Waals surface area contributed by atoms with Crippen molar-refractivity contribution in [2.24, 2.45) is 0 Å². The average Bonchev–Trinajstić information content (AvgIpc) is 2.73. The highest BCUT2D eigenvalue weighted by Gasteiger charge is 2.27. The summed E-state index contributed by atoms with van der Waals surface area (Å²) in [7, 11) is 3.10. The maximum atomic E-state index is 12.9. The lowest BCUT2D eigenvalue weighted by Gasteiger charge is -2.32. The lowest BCUT2D eigenvalue weighted by molar-refractivity contribution is -0.917. The summed E-state index contributed by atoms with van der Waals surface area (Å²) in [6.45, 7) is 3.23. The Hall–Kier alpha value is -3.13. The van der Waals surface area contributed by atoms with E-state index in [2.05, 4.69) is 0 Å². The molecule has 0 unspecified atom stereocenters.